The molecule has 0 bridgehead atoms. The summed E-state index contributed by atoms with van der Waals surface area (Å²) in [6.07, 6.45) is 2.10. The Balaban J connectivity index is 2.30. The van der Waals surface area contributed by atoms with Crippen LogP contribution in [0.25, 0.3) is 11.0 Å². The van der Waals surface area contributed by atoms with Crippen LogP contribution in [0, 0.1) is 12.3 Å². The first-order valence-electron chi connectivity index (χ1n) is 6.55. The maximum Gasteiger partial charge on any atom is 0.106 e. The number of aryl methyl sites for hydroxylation is 2. The van der Waals surface area contributed by atoms with E-state index >= 15 is 0 Å². The first-order valence-corrected chi connectivity index (χ1v) is 6.55. The van der Waals surface area contributed by atoms with Crippen LogP contribution in [0.15, 0.2) is 18.2 Å². The van der Waals surface area contributed by atoms with Gasteiger partial charge in [0, 0.05) is 7.05 Å². The van der Waals surface area contributed by atoms with E-state index in [1.54, 1.807) is 0 Å². The molecule has 1 aromatic heterocycles. The average molecular weight is 245 g/mol. The standard InChI is InChI=1S/C15H23N3/c1-11-17-13-9-12(5-6-14(13)18(11)4)10-15(2,3)7-8-16/h5-6,9H,7-8,10,16H2,1-4H3. The molecule has 0 fully saturated rings. The fourth-order valence-electron chi connectivity index (χ4n) is 2.51. The molecule has 1 heterocycles. The summed E-state index contributed by atoms with van der Waals surface area (Å²) < 4.78 is 2.13. The molecule has 0 amide bonds. The predicted octanol–water partition coefficient (Wildman–Crippen LogP) is 2.80. The molecule has 0 radical (unpaired) electrons. The van der Waals surface area contributed by atoms with Crippen LogP contribution in [0.2, 0.25) is 0 Å². The van der Waals surface area contributed by atoms with E-state index in [1.807, 2.05) is 6.92 Å². The lowest BCUT2D eigenvalue weighted by molar-refractivity contribution is 0.339. The second-order valence-corrected chi connectivity index (χ2v) is 5.92. The number of nitrogens with two attached hydrogens (primary N) is 1. The van der Waals surface area contributed by atoms with Crippen LogP contribution < -0.4 is 5.73 Å². The Hall–Kier alpha value is -1.35. The van der Waals surface area contributed by atoms with E-state index in [2.05, 4.69) is 48.6 Å². The van der Waals surface area contributed by atoms with Crippen LogP contribution in [-0.2, 0) is 13.5 Å². The first kappa shape index (κ1) is 13.1. The normalized spacial score (nSPS) is 12.3. The fraction of sp³-hybridized carbons (Fsp3) is 0.533. The summed E-state index contributed by atoms with van der Waals surface area (Å²) in [4.78, 5) is 4.59. The van der Waals surface area contributed by atoms with Gasteiger partial charge in [-0.3, -0.25) is 0 Å². The van der Waals surface area contributed by atoms with Crippen LogP contribution in [0.1, 0.15) is 31.7 Å². The zero-order valence-corrected chi connectivity index (χ0v) is 11.8. The first-order chi connectivity index (χ1) is 8.43. The van der Waals surface area contributed by atoms with Gasteiger partial charge in [0.05, 0.1) is 11.0 Å². The highest BCUT2D eigenvalue weighted by Gasteiger charge is 2.18. The third-order valence-corrected chi connectivity index (χ3v) is 3.67. The third-order valence-electron chi connectivity index (χ3n) is 3.67. The molecule has 18 heavy (non-hydrogen) atoms. The van der Waals surface area contributed by atoms with Gasteiger partial charge < -0.3 is 10.3 Å². The van der Waals surface area contributed by atoms with Crippen molar-refractivity contribution in [3.63, 3.8) is 0 Å². The Morgan fingerprint density at radius 1 is 1.33 bits per heavy atom. The minimum Gasteiger partial charge on any atom is -0.331 e. The van der Waals surface area contributed by atoms with E-state index in [9.17, 15) is 0 Å². The van der Waals surface area contributed by atoms with Crippen molar-refractivity contribution in [1.29, 1.82) is 0 Å². The SMILES string of the molecule is Cc1nc2cc(CC(C)(C)CCN)ccc2n1C. The molecule has 98 valence electrons. The van der Waals surface area contributed by atoms with Crippen LogP contribution in [-0.4, -0.2) is 16.1 Å². The molecular formula is C15H23N3. The molecule has 0 saturated carbocycles. The van der Waals surface area contributed by atoms with Crippen LogP contribution in [0.3, 0.4) is 0 Å². The molecule has 0 unspecified atom stereocenters. The summed E-state index contributed by atoms with van der Waals surface area (Å²) in [5.74, 6) is 1.06. The number of hydrogen-bond donors (Lipinski definition) is 1. The van der Waals surface area contributed by atoms with Crippen molar-refractivity contribution in [2.75, 3.05) is 6.54 Å². The van der Waals surface area contributed by atoms with E-state index in [1.165, 1.54) is 11.1 Å². The maximum atomic E-state index is 5.67. The summed E-state index contributed by atoms with van der Waals surface area (Å²) in [7, 11) is 2.06. The fourth-order valence-corrected chi connectivity index (χ4v) is 2.51. The summed E-state index contributed by atoms with van der Waals surface area (Å²) in [5.41, 5.74) is 9.56. The molecule has 2 N–H and O–H groups in total. The Kier molecular flexibility index (Phi) is 3.44. The molecule has 3 nitrogen and oxygen atoms in total. The Labute approximate surface area is 109 Å². The molecule has 0 aliphatic rings. The molecule has 0 spiro atoms. The van der Waals surface area contributed by atoms with Gasteiger partial charge in [0.2, 0.25) is 0 Å². The highest BCUT2D eigenvalue weighted by Crippen LogP contribution is 2.27. The van der Waals surface area contributed by atoms with Gasteiger partial charge in [-0.1, -0.05) is 19.9 Å². The topological polar surface area (TPSA) is 43.8 Å². The Morgan fingerprint density at radius 3 is 2.72 bits per heavy atom. The van der Waals surface area contributed by atoms with Crippen molar-refractivity contribution in [3.8, 4) is 0 Å². The molecule has 0 atom stereocenters. The highest BCUT2D eigenvalue weighted by molar-refractivity contribution is 5.76. The van der Waals surface area contributed by atoms with Gasteiger partial charge in [0.25, 0.3) is 0 Å². The lowest BCUT2D eigenvalue weighted by atomic mass is 9.83. The minimum absolute atomic E-state index is 0.256. The van der Waals surface area contributed by atoms with Crippen LogP contribution in [0.5, 0.6) is 0 Å². The Morgan fingerprint density at radius 2 is 2.06 bits per heavy atom. The number of imidazole rings is 1. The quantitative estimate of drug-likeness (QED) is 0.900. The molecule has 3 heteroatoms. The lowest BCUT2D eigenvalue weighted by Gasteiger charge is -2.23. The zero-order chi connectivity index (χ0) is 13.3. The van der Waals surface area contributed by atoms with Gasteiger partial charge in [0.15, 0.2) is 0 Å². The van der Waals surface area contributed by atoms with E-state index in [-0.39, 0.29) is 5.41 Å². The summed E-state index contributed by atoms with van der Waals surface area (Å²) in [6, 6.07) is 6.59. The Bertz CT molecular complexity index is 552. The molecule has 0 aliphatic carbocycles. The number of fused-ring (bicyclic) bond motifs is 1. The summed E-state index contributed by atoms with van der Waals surface area (Å²) in [6.45, 7) is 7.33. The molecular weight excluding hydrogens is 222 g/mol. The highest BCUT2D eigenvalue weighted by atomic mass is 15.0. The van der Waals surface area contributed by atoms with Crippen molar-refractivity contribution in [3.05, 3.63) is 29.6 Å². The summed E-state index contributed by atoms with van der Waals surface area (Å²) in [5, 5.41) is 0. The third kappa shape index (κ3) is 2.56. The number of nitrogens with zero attached hydrogens (tertiary/aromatic N) is 2. The molecule has 2 rings (SSSR count). The number of benzene rings is 1. The van der Waals surface area contributed by atoms with E-state index in [4.69, 9.17) is 5.73 Å². The number of rotatable bonds is 4. The van der Waals surface area contributed by atoms with Gasteiger partial charge >= 0.3 is 0 Å². The number of aromatic nitrogens is 2. The second kappa shape index (κ2) is 4.73. The molecule has 2 aromatic rings. The zero-order valence-electron chi connectivity index (χ0n) is 11.8. The molecule has 0 aliphatic heterocycles. The maximum absolute atomic E-state index is 5.67. The van der Waals surface area contributed by atoms with Crippen LogP contribution >= 0.6 is 0 Å². The number of hydrogen-bond acceptors (Lipinski definition) is 2. The van der Waals surface area contributed by atoms with Crippen molar-refractivity contribution in [2.45, 2.75) is 33.6 Å². The van der Waals surface area contributed by atoms with Gasteiger partial charge in [0.1, 0.15) is 5.82 Å². The predicted molar refractivity (Wildman–Crippen MR) is 76.6 cm³/mol. The van der Waals surface area contributed by atoms with E-state index in [0.29, 0.717) is 0 Å². The van der Waals surface area contributed by atoms with Crippen molar-refractivity contribution < 1.29 is 0 Å². The van der Waals surface area contributed by atoms with Gasteiger partial charge in [-0.25, -0.2) is 4.98 Å². The van der Waals surface area contributed by atoms with Gasteiger partial charge in [-0.2, -0.15) is 0 Å². The summed E-state index contributed by atoms with van der Waals surface area (Å²) >= 11 is 0. The molecule has 0 saturated heterocycles. The molecule has 1 aromatic carbocycles. The van der Waals surface area contributed by atoms with E-state index < -0.39 is 0 Å². The van der Waals surface area contributed by atoms with Crippen molar-refractivity contribution in [1.82, 2.24) is 9.55 Å². The smallest absolute Gasteiger partial charge is 0.106 e. The monoisotopic (exact) mass is 245 g/mol. The van der Waals surface area contributed by atoms with Crippen molar-refractivity contribution in [2.24, 2.45) is 18.2 Å². The van der Waals surface area contributed by atoms with Crippen molar-refractivity contribution >= 4 is 11.0 Å². The largest absolute Gasteiger partial charge is 0.331 e. The lowest BCUT2D eigenvalue weighted by Crippen LogP contribution is -2.19. The second-order valence-electron chi connectivity index (χ2n) is 5.92. The van der Waals surface area contributed by atoms with E-state index in [0.717, 1.165) is 30.7 Å². The van der Waals surface area contributed by atoms with Gasteiger partial charge in [-0.05, 0) is 49.4 Å². The van der Waals surface area contributed by atoms with Gasteiger partial charge in [-0.15, -0.1) is 0 Å². The van der Waals surface area contributed by atoms with Crippen LogP contribution in [0.4, 0.5) is 0 Å². The average Bonchev–Trinajstić information content (AvgIpc) is 2.53. The minimum atomic E-state index is 0.256.